The number of halogens is 1. The van der Waals surface area contributed by atoms with Crippen molar-refractivity contribution < 1.29 is 19.0 Å². The molecule has 1 N–H and O–H groups in total. The molecule has 1 aromatic carbocycles. The van der Waals surface area contributed by atoms with Gasteiger partial charge in [0.1, 0.15) is 6.61 Å². The van der Waals surface area contributed by atoms with Crippen LogP contribution in [0.25, 0.3) is 0 Å². The number of nitrogens with zero attached hydrogens (tertiary/aromatic N) is 1. The van der Waals surface area contributed by atoms with Crippen LogP contribution in [0.5, 0.6) is 5.75 Å². The lowest BCUT2D eigenvalue weighted by atomic mass is 9.92. The van der Waals surface area contributed by atoms with Crippen LogP contribution >= 0.6 is 0 Å². The highest BCUT2D eigenvalue weighted by atomic mass is 19.1. The maximum Gasteiger partial charge on any atom is 0.306 e. The Kier molecular flexibility index (Phi) is 4.95. The van der Waals surface area contributed by atoms with Crippen LogP contribution in [0.1, 0.15) is 19.8 Å². The number of para-hydroxylation sites is 1. The lowest BCUT2D eigenvalue weighted by Gasteiger charge is -2.36. The predicted molar refractivity (Wildman–Crippen MR) is 73.3 cm³/mol. The van der Waals surface area contributed by atoms with Crippen LogP contribution in [0, 0.1) is 11.7 Å². The van der Waals surface area contributed by atoms with E-state index in [2.05, 4.69) is 4.90 Å². The van der Waals surface area contributed by atoms with E-state index in [1.165, 1.54) is 6.07 Å². The van der Waals surface area contributed by atoms with Crippen LogP contribution in [0.4, 0.5) is 4.39 Å². The average molecular weight is 281 g/mol. The Labute approximate surface area is 118 Å². The Balaban J connectivity index is 1.78. The van der Waals surface area contributed by atoms with Crippen molar-refractivity contribution in [2.75, 3.05) is 19.7 Å². The number of piperidine rings is 1. The summed E-state index contributed by atoms with van der Waals surface area (Å²) in [5.74, 6) is -1.04. The molecule has 2 atom stereocenters. The van der Waals surface area contributed by atoms with Gasteiger partial charge in [0.15, 0.2) is 11.6 Å². The van der Waals surface area contributed by atoms with E-state index >= 15 is 0 Å². The fraction of sp³-hybridized carbons (Fsp3) is 0.533. The van der Waals surface area contributed by atoms with E-state index in [0.29, 0.717) is 26.0 Å². The quantitative estimate of drug-likeness (QED) is 0.900. The number of benzene rings is 1. The molecule has 0 aromatic heterocycles. The Bertz CT molecular complexity index is 466. The van der Waals surface area contributed by atoms with Gasteiger partial charge in [-0.3, -0.25) is 9.69 Å². The summed E-state index contributed by atoms with van der Waals surface area (Å²) in [6, 6.07) is 6.56. The van der Waals surface area contributed by atoms with Gasteiger partial charge in [0.05, 0.1) is 5.92 Å². The highest BCUT2D eigenvalue weighted by Gasteiger charge is 2.29. The van der Waals surface area contributed by atoms with Crippen molar-refractivity contribution >= 4 is 5.97 Å². The van der Waals surface area contributed by atoms with Crippen molar-refractivity contribution in [1.29, 1.82) is 0 Å². The molecule has 2 rings (SSSR count). The Hall–Kier alpha value is -1.62. The van der Waals surface area contributed by atoms with Crippen LogP contribution in [0.15, 0.2) is 24.3 Å². The molecule has 0 aliphatic carbocycles. The van der Waals surface area contributed by atoms with E-state index in [1.807, 2.05) is 6.92 Å². The smallest absolute Gasteiger partial charge is 0.306 e. The largest absolute Gasteiger partial charge is 0.489 e. The van der Waals surface area contributed by atoms with Gasteiger partial charge in [-0.25, -0.2) is 4.39 Å². The van der Waals surface area contributed by atoms with Crippen molar-refractivity contribution in [2.24, 2.45) is 5.92 Å². The maximum atomic E-state index is 13.4. The van der Waals surface area contributed by atoms with Crippen molar-refractivity contribution in [3.63, 3.8) is 0 Å². The van der Waals surface area contributed by atoms with Gasteiger partial charge >= 0.3 is 5.97 Å². The summed E-state index contributed by atoms with van der Waals surface area (Å²) < 4.78 is 18.8. The SMILES string of the molecule is CC1CC(C(=O)O)CCN1CCOc1ccccc1F. The summed E-state index contributed by atoms with van der Waals surface area (Å²) in [4.78, 5) is 13.2. The van der Waals surface area contributed by atoms with Gasteiger partial charge in [-0.05, 0) is 38.4 Å². The van der Waals surface area contributed by atoms with Crippen LogP contribution in [-0.2, 0) is 4.79 Å². The van der Waals surface area contributed by atoms with Gasteiger partial charge in [-0.2, -0.15) is 0 Å². The molecule has 0 amide bonds. The molecule has 1 aliphatic rings. The highest BCUT2D eigenvalue weighted by molar-refractivity contribution is 5.70. The van der Waals surface area contributed by atoms with E-state index in [1.54, 1.807) is 18.2 Å². The number of ether oxygens (including phenoxy) is 1. The standard InChI is InChI=1S/C15H20FNO3/c1-11-10-12(15(18)19)6-7-17(11)8-9-20-14-5-3-2-4-13(14)16/h2-5,11-12H,6-10H2,1H3,(H,18,19). The van der Waals surface area contributed by atoms with Crippen LogP contribution < -0.4 is 4.74 Å². The lowest BCUT2D eigenvalue weighted by molar-refractivity contribution is -0.144. The molecule has 1 fully saturated rings. The molecule has 4 nitrogen and oxygen atoms in total. The van der Waals surface area contributed by atoms with E-state index < -0.39 is 5.97 Å². The number of carbonyl (C=O) groups is 1. The van der Waals surface area contributed by atoms with Gasteiger partial charge in [-0.1, -0.05) is 12.1 Å². The molecule has 1 heterocycles. The molecule has 1 aliphatic heterocycles. The third-order valence-electron chi connectivity index (χ3n) is 3.84. The molecule has 1 saturated heterocycles. The second-order valence-corrected chi connectivity index (χ2v) is 5.22. The van der Waals surface area contributed by atoms with Crippen molar-refractivity contribution in [3.05, 3.63) is 30.1 Å². The van der Waals surface area contributed by atoms with Gasteiger partial charge in [0.25, 0.3) is 0 Å². The first-order valence-corrected chi connectivity index (χ1v) is 6.92. The normalized spacial score (nSPS) is 23.5. The van der Waals surface area contributed by atoms with E-state index in [-0.39, 0.29) is 23.5 Å². The lowest BCUT2D eigenvalue weighted by Crippen LogP contribution is -2.44. The van der Waals surface area contributed by atoms with Gasteiger partial charge in [-0.15, -0.1) is 0 Å². The summed E-state index contributed by atoms with van der Waals surface area (Å²) in [5.41, 5.74) is 0. The molecule has 20 heavy (non-hydrogen) atoms. The second kappa shape index (κ2) is 6.70. The molecule has 0 spiro atoms. The molecular formula is C15H20FNO3. The summed E-state index contributed by atoms with van der Waals surface area (Å²) in [7, 11) is 0. The molecule has 0 bridgehead atoms. The first-order chi connectivity index (χ1) is 9.58. The number of carboxylic acid groups (broad SMARTS) is 1. The van der Waals surface area contributed by atoms with Crippen molar-refractivity contribution in [1.82, 2.24) is 4.90 Å². The fourth-order valence-corrected chi connectivity index (χ4v) is 2.61. The van der Waals surface area contributed by atoms with E-state index in [9.17, 15) is 9.18 Å². The fourth-order valence-electron chi connectivity index (χ4n) is 2.61. The topological polar surface area (TPSA) is 49.8 Å². The zero-order valence-corrected chi connectivity index (χ0v) is 11.6. The van der Waals surface area contributed by atoms with Crippen molar-refractivity contribution in [3.8, 4) is 5.75 Å². The minimum Gasteiger partial charge on any atom is -0.489 e. The first-order valence-electron chi connectivity index (χ1n) is 6.92. The maximum absolute atomic E-state index is 13.4. The number of likely N-dealkylation sites (tertiary alicyclic amines) is 1. The second-order valence-electron chi connectivity index (χ2n) is 5.22. The van der Waals surface area contributed by atoms with E-state index in [0.717, 1.165) is 6.54 Å². The van der Waals surface area contributed by atoms with E-state index in [4.69, 9.17) is 9.84 Å². The minimum absolute atomic E-state index is 0.217. The average Bonchev–Trinajstić information content (AvgIpc) is 2.42. The predicted octanol–water partition coefficient (Wildman–Crippen LogP) is 2.39. The molecule has 0 radical (unpaired) electrons. The highest BCUT2D eigenvalue weighted by Crippen LogP contribution is 2.23. The molecule has 110 valence electrons. The third kappa shape index (κ3) is 3.70. The first kappa shape index (κ1) is 14.8. The van der Waals surface area contributed by atoms with Crippen LogP contribution in [0.2, 0.25) is 0 Å². The Morgan fingerprint density at radius 2 is 2.25 bits per heavy atom. The summed E-state index contributed by atoms with van der Waals surface area (Å²) in [6.07, 6.45) is 1.33. The van der Waals surface area contributed by atoms with Gasteiger partial charge in [0.2, 0.25) is 0 Å². The number of hydrogen-bond acceptors (Lipinski definition) is 3. The molecule has 2 unspecified atom stereocenters. The number of hydrogen-bond donors (Lipinski definition) is 1. The van der Waals surface area contributed by atoms with Gasteiger partial charge in [0, 0.05) is 12.6 Å². The van der Waals surface area contributed by atoms with Crippen LogP contribution in [-0.4, -0.2) is 41.7 Å². The van der Waals surface area contributed by atoms with Crippen molar-refractivity contribution in [2.45, 2.75) is 25.8 Å². The van der Waals surface area contributed by atoms with Gasteiger partial charge < -0.3 is 9.84 Å². The summed E-state index contributed by atoms with van der Waals surface area (Å²) in [5, 5.41) is 9.01. The molecule has 1 aromatic rings. The number of aliphatic carboxylic acids is 1. The number of rotatable bonds is 5. The zero-order chi connectivity index (χ0) is 14.5. The Morgan fingerprint density at radius 3 is 2.90 bits per heavy atom. The minimum atomic E-state index is -0.709. The zero-order valence-electron chi connectivity index (χ0n) is 11.6. The summed E-state index contributed by atoms with van der Waals surface area (Å²) in [6.45, 7) is 3.86. The molecule has 0 saturated carbocycles. The monoisotopic (exact) mass is 281 g/mol. The molecular weight excluding hydrogens is 261 g/mol. The van der Waals surface area contributed by atoms with Crippen LogP contribution in [0.3, 0.4) is 0 Å². The Morgan fingerprint density at radius 1 is 1.50 bits per heavy atom. The third-order valence-corrected chi connectivity index (χ3v) is 3.84. The summed E-state index contributed by atoms with van der Waals surface area (Å²) >= 11 is 0. The molecule has 5 heteroatoms. The number of carboxylic acids is 1.